The van der Waals surface area contributed by atoms with Crippen molar-refractivity contribution in [1.29, 1.82) is 0 Å². The van der Waals surface area contributed by atoms with E-state index in [-0.39, 0.29) is 0 Å². The fraction of sp³-hybridized carbons (Fsp3) is 0. The van der Waals surface area contributed by atoms with Gasteiger partial charge in [-0.05, 0) is 0 Å². The molecule has 0 aromatic heterocycles. The topological polar surface area (TPSA) is 63.2 Å². The summed E-state index contributed by atoms with van der Waals surface area (Å²) in [5, 5.41) is 0. The normalized spacial score (nSPS) is 6.00. The Kier molecular flexibility index (Phi) is 1.26. The standard InChI is InChI=1S/GeO3/c2-1(3)4/q-2. The molecule has 0 rings (SSSR count). The molecule has 0 heterocycles. The van der Waals surface area contributed by atoms with E-state index in [2.05, 4.69) is 0 Å². The Morgan fingerprint density at radius 1 is 1.50 bits per heavy atom. The maximum absolute atomic E-state index is 8.58. The van der Waals surface area contributed by atoms with Crippen molar-refractivity contribution in [3.63, 3.8) is 0 Å². The second kappa shape index (κ2) is 1.28. The molecule has 0 N–H and O–H groups in total. The fourth-order valence-corrected chi connectivity index (χ4v) is 0. The van der Waals surface area contributed by atoms with Crippen molar-refractivity contribution in [1.82, 2.24) is 0 Å². The van der Waals surface area contributed by atoms with E-state index < -0.39 is 15.0 Å². The zero-order valence-electron chi connectivity index (χ0n) is 1.72. The second-order valence-corrected chi connectivity index (χ2v) is 1.30. The first kappa shape index (κ1) is 3.94. The van der Waals surface area contributed by atoms with E-state index in [9.17, 15) is 0 Å². The Labute approximate surface area is 27.9 Å². The van der Waals surface area contributed by atoms with Gasteiger partial charge in [-0.2, -0.15) is 0 Å². The third-order valence-electron chi connectivity index (χ3n) is 0. The van der Waals surface area contributed by atoms with Crippen LogP contribution in [0, 0.1) is 0 Å². The van der Waals surface area contributed by atoms with Gasteiger partial charge in [0.1, 0.15) is 0 Å². The molecule has 3 nitrogen and oxygen atoms in total. The summed E-state index contributed by atoms with van der Waals surface area (Å²) in [6.45, 7) is 0. The Morgan fingerprint density at radius 3 is 1.50 bits per heavy atom. The molecule has 0 amide bonds. The molecule has 0 unspecified atom stereocenters. The molecule has 0 spiro atoms. The van der Waals surface area contributed by atoms with E-state index in [4.69, 9.17) is 12.0 Å². The molecular formula is GeO3-2. The predicted molar refractivity (Wildman–Crippen MR) is 6.44 cm³/mol. The molecule has 4 heavy (non-hydrogen) atoms. The van der Waals surface area contributed by atoms with Crippen LogP contribution in [0.4, 0.5) is 0 Å². The van der Waals surface area contributed by atoms with Gasteiger partial charge in [0.15, 0.2) is 0 Å². The van der Waals surface area contributed by atoms with Crippen LogP contribution in [0.15, 0.2) is 0 Å². The van der Waals surface area contributed by atoms with E-state index in [1.165, 1.54) is 0 Å². The monoisotopic (exact) mass is 122 g/mol. The van der Waals surface area contributed by atoms with Crippen LogP contribution in [0.1, 0.15) is 0 Å². The average molecular weight is 121 g/mol. The van der Waals surface area contributed by atoms with Gasteiger partial charge in [-0.25, -0.2) is 0 Å². The van der Waals surface area contributed by atoms with Gasteiger partial charge in [-0.15, -0.1) is 0 Å². The number of hydrogen-bond acceptors (Lipinski definition) is 3. The molecule has 0 atom stereocenters. The van der Waals surface area contributed by atoms with Gasteiger partial charge in [0.05, 0.1) is 0 Å². The van der Waals surface area contributed by atoms with Crippen LogP contribution < -0.4 is 8.27 Å². The Bertz CT molecular complexity index is 26.3. The van der Waals surface area contributed by atoms with Crippen molar-refractivity contribution in [3.05, 3.63) is 0 Å². The van der Waals surface area contributed by atoms with Gasteiger partial charge in [-0.1, -0.05) is 0 Å². The van der Waals surface area contributed by atoms with Crippen molar-refractivity contribution in [2.24, 2.45) is 0 Å². The first-order valence-electron chi connectivity index (χ1n) is 0.612. The van der Waals surface area contributed by atoms with Crippen molar-refractivity contribution < 1.29 is 12.0 Å². The molecular weight excluding hydrogens is 121 g/mol. The number of hydrogen-bond donors (Lipinski definition) is 0. The maximum atomic E-state index is 8.58. The van der Waals surface area contributed by atoms with Gasteiger partial charge < -0.3 is 0 Å². The molecule has 4 heteroatoms. The second-order valence-electron chi connectivity index (χ2n) is 0.250. The molecule has 0 aliphatic carbocycles. The van der Waals surface area contributed by atoms with Gasteiger partial charge in [0.2, 0.25) is 0 Å². The fourth-order valence-electron chi connectivity index (χ4n) is 0. The molecule has 0 saturated carbocycles. The summed E-state index contributed by atoms with van der Waals surface area (Å²) in [5.74, 6) is 0. The predicted octanol–water partition coefficient (Wildman–Crippen LogP) is -2.88. The summed E-state index contributed by atoms with van der Waals surface area (Å²) in [4.78, 5) is 0. The average Bonchev–Trinajstić information content (AvgIpc) is 0.811. The summed E-state index contributed by atoms with van der Waals surface area (Å²) in [6, 6.07) is 0. The molecule has 0 aliphatic heterocycles. The van der Waals surface area contributed by atoms with Crippen LogP contribution in [0.5, 0.6) is 0 Å². The molecule has 24 valence electrons. The Hall–Kier alpha value is -0.0571. The van der Waals surface area contributed by atoms with Crippen LogP contribution in [-0.4, -0.2) is 15.0 Å². The first-order valence-corrected chi connectivity index (χ1v) is 3.18. The number of rotatable bonds is 0. The van der Waals surface area contributed by atoms with Gasteiger partial charge >= 0.3 is 27.0 Å². The SMILES string of the molecule is [O]=[Ge]([O-])[O-]. The summed E-state index contributed by atoms with van der Waals surface area (Å²) in [5.41, 5.74) is 0. The van der Waals surface area contributed by atoms with E-state index in [1.807, 2.05) is 0 Å². The van der Waals surface area contributed by atoms with Crippen LogP contribution >= 0.6 is 0 Å². The molecule has 0 aliphatic rings. The van der Waals surface area contributed by atoms with Crippen molar-refractivity contribution in [2.45, 2.75) is 0 Å². The summed E-state index contributed by atoms with van der Waals surface area (Å²) < 4.78 is 25.8. The molecule has 0 fully saturated rings. The van der Waals surface area contributed by atoms with Crippen molar-refractivity contribution >= 4 is 15.0 Å². The van der Waals surface area contributed by atoms with Crippen LogP contribution in [0.3, 0.4) is 0 Å². The molecule has 0 radical (unpaired) electrons. The molecule has 0 aromatic rings. The van der Waals surface area contributed by atoms with Gasteiger partial charge in [0, 0.05) is 0 Å². The third kappa shape index (κ3) is 529. The van der Waals surface area contributed by atoms with Crippen LogP contribution in [-0.2, 0) is 3.78 Å². The molecule has 0 aromatic carbocycles. The van der Waals surface area contributed by atoms with Crippen LogP contribution in [0.2, 0.25) is 0 Å². The first-order chi connectivity index (χ1) is 1.73. The summed E-state index contributed by atoms with van der Waals surface area (Å²) in [6.07, 6.45) is 0. The van der Waals surface area contributed by atoms with Crippen LogP contribution in [0.25, 0.3) is 0 Å². The zero-order chi connectivity index (χ0) is 3.58. The van der Waals surface area contributed by atoms with Crippen molar-refractivity contribution in [2.75, 3.05) is 0 Å². The summed E-state index contributed by atoms with van der Waals surface area (Å²) >= 11 is -4.08. The van der Waals surface area contributed by atoms with E-state index in [0.717, 1.165) is 0 Å². The van der Waals surface area contributed by atoms with E-state index >= 15 is 0 Å². The minimum atomic E-state index is -4.08. The van der Waals surface area contributed by atoms with E-state index in [1.54, 1.807) is 0 Å². The minimum absolute atomic E-state index is 4.08. The Balaban J connectivity index is 2.80. The van der Waals surface area contributed by atoms with E-state index in [0.29, 0.717) is 0 Å². The van der Waals surface area contributed by atoms with Gasteiger partial charge in [-0.3, -0.25) is 0 Å². The summed E-state index contributed by atoms with van der Waals surface area (Å²) in [7, 11) is 0. The Morgan fingerprint density at radius 2 is 1.50 bits per heavy atom. The van der Waals surface area contributed by atoms with Gasteiger partial charge in [0.25, 0.3) is 0 Å². The quantitative estimate of drug-likeness (QED) is 0.323. The molecule has 0 saturated heterocycles. The van der Waals surface area contributed by atoms with Crippen molar-refractivity contribution in [3.8, 4) is 0 Å². The third-order valence-corrected chi connectivity index (χ3v) is 0. The molecule has 0 bridgehead atoms. The zero-order valence-corrected chi connectivity index (χ0v) is 3.82.